The molecular weight excluding hydrogens is 184 g/mol. The van der Waals surface area contributed by atoms with Gasteiger partial charge in [-0.25, -0.2) is 0 Å². The molecule has 1 unspecified atom stereocenters. The summed E-state index contributed by atoms with van der Waals surface area (Å²) in [5.41, 5.74) is 0. The fourth-order valence-electron chi connectivity index (χ4n) is 2.26. The van der Waals surface area contributed by atoms with Gasteiger partial charge in [0.1, 0.15) is 6.17 Å². The van der Waals surface area contributed by atoms with Gasteiger partial charge in [0.2, 0.25) is 0 Å². The summed E-state index contributed by atoms with van der Waals surface area (Å²) in [6.45, 7) is 10.3. The Hall–Kier alpha value is -0.660. The average molecular weight is 210 g/mol. The van der Waals surface area contributed by atoms with E-state index in [4.69, 9.17) is 0 Å². The maximum absolute atomic E-state index is 2.50. The SMILES string of the molecule is CCCCCN1C=CN(C(C)C)C1CC. The third kappa shape index (κ3) is 3.15. The van der Waals surface area contributed by atoms with Crippen molar-refractivity contribution in [1.82, 2.24) is 9.80 Å². The molecule has 1 heterocycles. The normalized spacial score (nSPS) is 20.7. The van der Waals surface area contributed by atoms with Crippen molar-refractivity contribution in [2.75, 3.05) is 6.54 Å². The van der Waals surface area contributed by atoms with E-state index >= 15 is 0 Å². The molecule has 15 heavy (non-hydrogen) atoms. The Labute approximate surface area is 94.9 Å². The van der Waals surface area contributed by atoms with Gasteiger partial charge in [0, 0.05) is 25.0 Å². The molecule has 0 aliphatic carbocycles. The van der Waals surface area contributed by atoms with Gasteiger partial charge in [0.05, 0.1) is 0 Å². The zero-order chi connectivity index (χ0) is 11.3. The number of hydrogen-bond acceptors (Lipinski definition) is 2. The van der Waals surface area contributed by atoms with Gasteiger partial charge in [0.25, 0.3) is 0 Å². The van der Waals surface area contributed by atoms with Crippen molar-refractivity contribution >= 4 is 0 Å². The number of hydrogen-bond donors (Lipinski definition) is 0. The fourth-order valence-corrected chi connectivity index (χ4v) is 2.26. The van der Waals surface area contributed by atoms with Crippen molar-refractivity contribution in [3.63, 3.8) is 0 Å². The summed E-state index contributed by atoms with van der Waals surface area (Å²) in [6.07, 6.45) is 10.3. The van der Waals surface area contributed by atoms with Crippen molar-refractivity contribution in [1.29, 1.82) is 0 Å². The predicted octanol–water partition coefficient (Wildman–Crippen LogP) is 3.41. The van der Waals surface area contributed by atoms with Crippen LogP contribution in [0.5, 0.6) is 0 Å². The van der Waals surface area contributed by atoms with Crippen LogP contribution in [0.15, 0.2) is 12.4 Å². The second-order valence-electron chi connectivity index (χ2n) is 4.67. The van der Waals surface area contributed by atoms with Crippen molar-refractivity contribution in [2.45, 2.75) is 65.6 Å². The van der Waals surface area contributed by atoms with Gasteiger partial charge in [-0.1, -0.05) is 26.7 Å². The fraction of sp³-hybridized carbons (Fsp3) is 0.846. The Morgan fingerprint density at radius 1 is 1.13 bits per heavy atom. The van der Waals surface area contributed by atoms with E-state index in [1.165, 1.54) is 32.2 Å². The first-order chi connectivity index (χ1) is 7.20. The minimum atomic E-state index is 0.599. The molecule has 0 aromatic heterocycles. The Morgan fingerprint density at radius 3 is 2.40 bits per heavy atom. The summed E-state index contributed by atoms with van der Waals surface area (Å²) in [6, 6.07) is 0.613. The predicted molar refractivity (Wildman–Crippen MR) is 66.4 cm³/mol. The Kier molecular flexibility index (Phi) is 5.00. The zero-order valence-corrected chi connectivity index (χ0v) is 10.7. The third-order valence-electron chi connectivity index (χ3n) is 3.14. The van der Waals surface area contributed by atoms with E-state index < -0.39 is 0 Å². The molecule has 88 valence electrons. The average Bonchev–Trinajstić information content (AvgIpc) is 2.61. The summed E-state index contributed by atoms with van der Waals surface area (Å²) in [5, 5.41) is 0. The van der Waals surface area contributed by atoms with Crippen LogP contribution in [0.3, 0.4) is 0 Å². The highest BCUT2D eigenvalue weighted by Gasteiger charge is 2.25. The highest BCUT2D eigenvalue weighted by molar-refractivity contribution is 4.97. The molecule has 0 radical (unpaired) electrons. The smallest absolute Gasteiger partial charge is 0.101 e. The number of rotatable bonds is 6. The molecule has 1 atom stereocenters. The highest BCUT2D eigenvalue weighted by atomic mass is 15.4. The van der Waals surface area contributed by atoms with Crippen LogP contribution in [0.1, 0.15) is 53.4 Å². The highest BCUT2D eigenvalue weighted by Crippen LogP contribution is 2.21. The monoisotopic (exact) mass is 210 g/mol. The van der Waals surface area contributed by atoms with E-state index in [9.17, 15) is 0 Å². The molecule has 2 heteroatoms. The maximum Gasteiger partial charge on any atom is 0.101 e. The van der Waals surface area contributed by atoms with Crippen LogP contribution in [0.4, 0.5) is 0 Å². The molecule has 0 spiro atoms. The van der Waals surface area contributed by atoms with Crippen LogP contribution in [0.2, 0.25) is 0 Å². The summed E-state index contributed by atoms with van der Waals surface area (Å²) in [7, 11) is 0. The van der Waals surface area contributed by atoms with Gasteiger partial charge in [-0.2, -0.15) is 0 Å². The molecule has 0 N–H and O–H groups in total. The molecular formula is C13H26N2. The zero-order valence-electron chi connectivity index (χ0n) is 10.7. The maximum atomic E-state index is 2.50. The van der Waals surface area contributed by atoms with E-state index in [0.29, 0.717) is 12.2 Å². The van der Waals surface area contributed by atoms with Crippen molar-refractivity contribution in [3.05, 3.63) is 12.4 Å². The Morgan fingerprint density at radius 2 is 1.87 bits per heavy atom. The Balaban J connectivity index is 2.43. The first-order valence-corrected chi connectivity index (χ1v) is 6.42. The molecule has 2 nitrogen and oxygen atoms in total. The second-order valence-corrected chi connectivity index (χ2v) is 4.67. The van der Waals surface area contributed by atoms with Crippen LogP contribution in [-0.4, -0.2) is 28.6 Å². The van der Waals surface area contributed by atoms with E-state index in [0.717, 1.165) is 0 Å². The van der Waals surface area contributed by atoms with Gasteiger partial charge >= 0.3 is 0 Å². The van der Waals surface area contributed by atoms with Crippen LogP contribution in [-0.2, 0) is 0 Å². The lowest BCUT2D eigenvalue weighted by Crippen LogP contribution is -2.41. The number of nitrogens with zero attached hydrogens (tertiary/aromatic N) is 2. The number of unbranched alkanes of at least 4 members (excludes halogenated alkanes) is 2. The minimum absolute atomic E-state index is 0.599. The van der Waals surface area contributed by atoms with Gasteiger partial charge in [-0.05, 0) is 26.7 Å². The first kappa shape index (κ1) is 12.4. The summed E-state index contributed by atoms with van der Waals surface area (Å²) >= 11 is 0. The van der Waals surface area contributed by atoms with Crippen LogP contribution in [0, 0.1) is 0 Å². The summed E-state index contributed by atoms with van der Waals surface area (Å²) < 4.78 is 0. The van der Waals surface area contributed by atoms with Crippen molar-refractivity contribution in [3.8, 4) is 0 Å². The van der Waals surface area contributed by atoms with Crippen LogP contribution >= 0.6 is 0 Å². The molecule has 0 saturated heterocycles. The lowest BCUT2D eigenvalue weighted by Gasteiger charge is -2.34. The van der Waals surface area contributed by atoms with Gasteiger partial charge in [-0.3, -0.25) is 0 Å². The van der Waals surface area contributed by atoms with E-state index in [-0.39, 0.29) is 0 Å². The summed E-state index contributed by atoms with van der Waals surface area (Å²) in [4.78, 5) is 4.96. The Bertz CT molecular complexity index is 199. The molecule has 1 aliphatic heterocycles. The van der Waals surface area contributed by atoms with Crippen molar-refractivity contribution in [2.24, 2.45) is 0 Å². The quantitative estimate of drug-likeness (QED) is 0.620. The second kappa shape index (κ2) is 6.04. The van der Waals surface area contributed by atoms with E-state index in [2.05, 4.69) is 49.9 Å². The molecule has 0 aromatic carbocycles. The molecule has 0 bridgehead atoms. The summed E-state index contributed by atoms with van der Waals surface area (Å²) in [5.74, 6) is 0. The molecule has 0 aromatic rings. The van der Waals surface area contributed by atoms with Crippen LogP contribution in [0.25, 0.3) is 0 Å². The molecule has 1 rings (SSSR count). The van der Waals surface area contributed by atoms with Gasteiger partial charge in [-0.15, -0.1) is 0 Å². The van der Waals surface area contributed by atoms with Crippen LogP contribution < -0.4 is 0 Å². The van der Waals surface area contributed by atoms with E-state index in [1.54, 1.807) is 0 Å². The minimum Gasteiger partial charge on any atom is -0.356 e. The van der Waals surface area contributed by atoms with Crippen molar-refractivity contribution < 1.29 is 0 Å². The van der Waals surface area contributed by atoms with Gasteiger partial charge < -0.3 is 9.80 Å². The molecule has 1 aliphatic rings. The third-order valence-corrected chi connectivity index (χ3v) is 3.14. The topological polar surface area (TPSA) is 6.48 Å². The largest absolute Gasteiger partial charge is 0.356 e. The van der Waals surface area contributed by atoms with Gasteiger partial charge in [0.15, 0.2) is 0 Å². The molecule has 0 saturated carbocycles. The lowest BCUT2D eigenvalue weighted by molar-refractivity contribution is 0.121. The standard InChI is InChI=1S/C13H26N2/c1-5-7-8-9-14-10-11-15(12(3)4)13(14)6-2/h10-13H,5-9H2,1-4H3. The van der Waals surface area contributed by atoms with E-state index in [1.807, 2.05) is 0 Å². The lowest BCUT2D eigenvalue weighted by atomic mass is 10.2. The first-order valence-electron chi connectivity index (χ1n) is 6.42. The molecule has 0 fully saturated rings. The molecule has 0 amide bonds.